The Labute approximate surface area is 384 Å². The highest BCUT2D eigenvalue weighted by Gasteiger charge is 2.29. The lowest BCUT2D eigenvalue weighted by molar-refractivity contribution is -0.140. The van der Waals surface area contributed by atoms with E-state index in [1.165, 1.54) is 68.1 Å². The summed E-state index contributed by atoms with van der Waals surface area (Å²) in [7, 11) is 0. The number of thiazole rings is 1. The number of para-hydroxylation sites is 1. The van der Waals surface area contributed by atoms with Crippen molar-refractivity contribution in [2.75, 3.05) is 57.8 Å². The van der Waals surface area contributed by atoms with Crippen LogP contribution in [0.3, 0.4) is 0 Å². The number of carbonyl (C=O) groups excluding carboxylic acids is 2. The maximum Gasteiger partial charge on any atom is 0.330 e. The minimum absolute atomic E-state index is 0.143. The van der Waals surface area contributed by atoms with Crippen molar-refractivity contribution in [3.8, 4) is 17.2 Å². The molecular formula is C52H69N3O8S. The number of fused-ring (bicyclic) bond motifs is 1. The quantitative estimate of drug-likeness (QED) is 0.0143. The van der Waals surface area contributed by atoms with Crippen LogP contribution >= 0.6 is 11.3 Å². The summed E-state index contributed by atoms with van der Waals surface area (Å²) in [5.74, 6) is 2.99. The number of ether oxygens (including phenoxy) is 6. The Kier molecular flexibility index (Phi) is 20.4. The third-order valence-corrected chi connectivity index (χ3v) is 13.4. The molecule has 0 spiro atoms. The first-order chi connectivity index (χ1) is 31.4. The van der Waals surface area contributed by atoms with Crippen molar-refractivity contribution in [3.63, 3.8) is 0 Å². The SMILES string of the molecule is C=CC(=O)OCCOCCOCCOc1ccc(OC(=O)C2CCC(COc3ccc(C4CCC(CCC)CC4)cc3/C=N/N(CCCCCC)c3nc4ccccc4s3)CC2)cc1. The summed E-state index contributed by atoms with van der Waals surface area (Å²) >= 11 is 1.69. The first kappa shape index (κ1) is 48.7. The molecule has 0 amide bonds. The van der Waals surface area contributed by atoms with Gasteiger partial charge in [-0.1, -0.05) is 82.1 Å². The highest BCUT2D eigenvalue weighted by atomic mass is 32.1. The zero-order valence-electron chi connectivity index (χ0n) is 38.1. The number of esters is 2. The molecule has 0 radical (unpaired) electrons. The van der Waals surface area contributed by atoms with Gasteiger partial charge >= 0.3 is 11.9 Å². The molecule has 0 atom stereocenters. The number of anilines is 1. The second-order valence-electron chi connectivity index (χ2n) is 17.1. The van der Waals surface area contributed by atoms with E-state index < -0.39 is 5.97 Å². The largest absolute Gasteiger partial charge is 0.493 e. The van der Waals surface area contributed by atoms with Gasteiger partial charge in [-0.25, -0.2) is 14.8 Å². The fourth-order valence-electron chi connectivity index (χ4n) is 8.62. The van der Waals surface area contributed by atoms with Crippen molar-refractivity contribution < 1.29 is 38.0 Å². The molecule has 0 N–H and O–H groups in total. The standard InChI is InChI=1S/C52H69N3O8S/c1-4-7-8-11-29-55(52-54-47-13-9-10-14-49(47)64-52)53-37-44-36-43(41-19-15-39(12-5-2)16-20-41)23-28-48(44)62-38-40-17-21-42(22-18-40)51(57)63-46-26-24-45(25-27-46)60-34-32-58-30-31-59-33-35-61-50(56)6-3/h6,9-10,13-14,23-28,36-37,39-42H,3-5,7-8,11-12,15-22,29-35,38H2,1-2H3/b53-37+. The van der Waals surface area contributed by atoms with Crippen LogP contribution in [0.4, 0.5) is 5.13 Å². The molecule has 0 bridgehead atoms. The summed E-state index contributed by atoms with van der Waals surface area (Å²) in [4.78, 5) is 29.2. The number of aromatic nitrogens is 1. The van der Waals surface area contributed by atoms with Crippen molar-refractivity contribution in [1.82, 2.24) is 4.98 Å². The minimum Gasteiger partial charge on any atom is -0.493 e. The number of rotatable bonds is 27. The van der Waals surface area contributed by atoms with E-state index in [0.717, 1.165) is 72.6 Å². The van der Waals surface area contributed by atoms with E-state index in [1.807, 2.05) is 12.3 Å². The van der Waals surface area contributed by atoms with Gasteiger partial charge in [0.05, 0.1) is 55.4 Å². The molecule has 0 unspecified atom stereocenters. The van der Waals surface area contributed by atoms with Gasteiger partial charge in [0.2, 0.25) is 5.13 Å². The second kappa shape index (κ2) is 26.9. The summed E-state index contributed by atoms with van der Waals surface area (Å²) in [6.45, 7) is 11.3. The van der Waals surface area contributed by atoms with E-state index in [-0.39, 0.29) is 18.5 Å². The monoisotopic (exact) mass is 895 g/mol. The molecule has 12 heteroatoms. The van der Waals surface area contributed by atoms with Gasteiger partial charge in [0.25, 0.3) is 0 Å². The van der Waals surface area contributed by atoms with E-state index in [0.29, 0.717) is 63.0 Å². The Morgan fingerprint density at radius 2 is 1.50 bits per heavy atom. The Hall–Kier alpha value is -4.78. The lowest BCUT2D eigenvalue weighted by atomic mass is 9.77. The van der Waals surface area contributed by atoms with Crippen molar-refractivity contribution in [3.05, 3.63) is 90.5 Å². The molecule has 0 aliphatic heterocycles. The van der Waals surface area contributed by atoms with Gasteiger partial charge in [0.15, 0.2) is 0 Å². The van der Waals surface area contributed by atoms with Gasteiger partial charge in [0.1, 0.15) is 30.5 Å². The maximum atomic E-state index is 13.2. The molecule has 64 heavy (non-hydrogen) atoms. The average molecular weight is 896 g/mol. The van der Waals surface area contributed by atoms with Crippen LogP contribution in [0.5, 0.6) is 17.2 Å². The first-order valence-corrected chi connectivity index (χ1v) is 24.6. The minimum atomic E-state index is -0.469. The van der Waals surface area contributed by atoms with Crippen LogP contribution in [0.1, 0.15) is 121 Å². The van der Waals surface area contributed by atoms with E-state index in [1.54, 1.807) is 35.6 Å². The van der Waals surface area contributed by atoms with Crippen molar-refractivity contribution >= 4 is 44.8 Å². The van der Waals surface area contributed by atoms with Crippen molar-refractivity contribution in [2.24, 2.45) is 22.9 Å². The Morgan fingerprint density at radius 3 is 2.23 bits per heavy atom. The third kappa shape index (κ3) is 15.7. The van der Waals surface area contributed by atoms with Gasteiger partial charge in [-0.3, -0.25) is 4.79 Å². The van der Waals surface area contributed by atoms with Gasteiger partial charge in [-0.2, -0.15) is 5.10 Å². The molecule has 2 saturated carbocycles. The van der Waals surface area contributed by atoms with Crippen LogP contribution in [0.25, 0.3) is 10.2 Å². The van der Waals surface area contributed by atoms with Crippen LogP contribution in [0, 0.1) is 17.8 Å². The molecule has 0 saturated heterocycles. The van der Waals surface area contributed by atoms with Gasteiger partial charge < -0.3 is 28.4 Å². The van der Waals surface area contributed by atoms with E-state index in [9.17, 15) is 9.59 Å². The molecule has 2 fully saturated rings. The third-order valence-electron chi connectivity index (χ3n) is 12.3. The summed E-state index contributed by atoms with van der Waals surface area (Å²) in [5, 5.41) is 8.15. The smallest absolute Gasteiger partial charge is 0.330 e. The lowest BCUT2D eigenvalue weighted by Gasteiger charge is -2.29. The highest BCUT2D eigenvalue weighted by molar-refractivity contribution is 7.22. The predicted molar refractivity (Wildman–Crippen MR) is 256 cm³/mol. The molecule has 4 aromatic rings. The molecule has 2 aliphatic rings. The number of hydrazone groups is 1. The Morgan fingerprint density at radius 1 is 0.781 bits per heavy atom. The second-order valence-corrected chi connectivity index (χ2v) is 18.1. The summed E-state index contributed by atoms with van der Waals surface area (Å²) < 4.78 is 35.1. The van der Waals surface area contributed by atoms with Crippen LogP contribution in [0.2, 0.25) is 0 Å². The van der Waals surface area contributed by atoms with E-state index >= 15 is 0 Å². The molecular weight excluding hydrogens is 827 g/mol. The molecule has 2 aliphatic carbocycles. The number of benzene rings is 3. The predicted octanol–water partition coefficient (Wildman–Crippen LogP) is 11.7. The number of carbonyl (C=O) groups is 2. The molecule has 3 aromatic carbocycles. The van der Waals surface area contributed by atoms with Crippen LogP contribution in [-0.2, 0) is 23.8 Å². The number of unbranched alkanes of at least 4 members (excludes halogenated alkanes) is 3. The molecule has 11 nitrogen and oxygen atoms in total. The Balaban J connectivity index is 0.987. The zero-order chi connectivity index (χ0) is 44.8. The number of hydrogen-bond acceptors (Lipinski definition) is 12. The van der Waals surface area contributed by atoms with Gasteiger partial charge in [0, 0.05) is 18.2 Å². The summed E-state index contributed by atoms with van der Waals surface area (Å²) in [6.07, 6.45) is 18.8. The van der Waals surface area contributed by atoms with E-state index in [2.05, 4.69) is 61.8 Å². The number of hydrogen-bond donors (Lipinski definition) is 0. The zero-order valence-corrected chi connectivity index (χ0v) is 38.9. The lowest BCUT2D eigenvalue weighted by Crippen LogP contribution is -2.27. The van der Waals surface area contributed by atoms with Gasteiger partial charge in [-0.15, -0.1) is 0 Å². The van der Waals surface area contributed by atoms with Gasteiger partial charge in [-0.05, 0) is 130 Å². The normalized spacial score (nSPS) is 18.8. The fraction of sp³-hybridized carbons (Fsp3) is 0.538. The van der Waals surface area contributed by atoms with Crippen LogP contribution < -0.4 is 19.2 Å². The molecule has 346 valence electrons. The summed E-state index contributed by atoms with van der Waals surface area (Å²) in [5.41, 5.74) is 3.40. The molecule has 6 rings (SSSR count). The highest BCUT2D eigenvalue weighted by Crippen LogP contribution is 2.39. The topological polar surface area (TPSA) is 118 Å². The number of nitrogens with zero attached hydrogens (tertiary/aromatic N) is 3. The van der Waals surface area contributed by atoms with Crippen LogP contribution in [0.15, 0.2) is 84.5 Å². The van der Waals surface area contributed by atoms with Crippen LogP contribution in [-0.4, -0.2) is 75.9 Å². The average Bonchev–Trinajstić information content (AvgIpc) is 3.76. The maximum absolute atomic E-state index is 13.2. The Bertz CT molecular complexity index is 2000. The molecule has 1 aromatic heterocycles. The van der Waals surface area contributed by atoms with Crippen molar-refractivity contribution in [2.45, 2.75) is 110 Å². The van der Waals surface area contributed by atoms with E-state index in [4.69, 9.17) is 38.5 Å². The van der Waals surface area contributed by atoms with Crippen molar-refractivity contribution in [1.29, 1.82) is 0 Å². The fourth-order valence-corrected chi connectivity index (χ4v) is 9.57. The summed E-state index contributed by atoms with van der Waals surface area (Å²) in [6, 6.07) is 22.2. The molecule has 1 heterocycles. The first-order valence-electron chi connectivity index (χ1n) is 23.7.